The van der Waals surface area contributed by atoms with Gasteiger partial charge in [-0.15, -0.1) is 0 Å². The molecule has 0 aromatic carbocycles. The number of rotatable bonds is 1. The number of halogens is 1. The fourth-order valence-electron chi connectivity index (χ4n) is 1.81. The van der Waals surface area contributed by atoms with Crippen molar-refractivity contribution < 1.29 is 4.79 Å². The zero-order valence-electron chi connectivity index (χ0n) is 5.38. The second-order valence-corrected chi connectivity index (χ2v) is 4.40. The maximum atomic E-state index is 10.4. The standard InChI is InChI=1S/C6H7BBrNO/c7-6(8)3-1-9-4(2-10)5(3)6/h2-5,9H,1H2/t3-,4+,5-,6?/m0/s1. The molecule has 0 spiro atoms. The Labute approximate surface area is 69.3 Å². The van der Waals surface area contributed by atoms with Crippen molar-refractivity contribution in [3.05, 3.63) is 0 Å². The Morgan fingerprint density at radius 3 is 2.80 bits per heavy atom. The average molecular weight is 200 g/mol. The highest BCUT2D eigenvalue weighted by atomic mass is 79.9. The Morgan fingerprint density at radius 1 is 1.80 bits per heavy atom. The molecule has 1 saturated carbocycles. The SMILES string of the molecule is [B]C1(Br)[C@@H]2[C@@H](C=O)NC[C@@H]21. The Balaban J connectivity index is 2.13. The van der Waals surface area contributed by atoms with Crippen LogP contribution >= 0.6 is 15.9 Å². The van der Waals surface area contributed by atoms with E-state index in [0.29, 0.717) is 11.8 Å². The van der Waals surface area contributed by atoms with Crippen LogP contribution in [0.3, 0.4) is 0 Å². The summed E-state index contributed by atoms with van der Waals surface area (Å²) in [5.74, 6) is 0.785. The van der Waals surface area contributed by atoms with Gasteiger partial charge in [-0.25, -0.2) is 0 Å². The van der Waals surface area contributed by atoms with Crippen LogP contribution in [-0.2, 0) is 4.79 Å². The lowest BCUT2D eigenvalue weighted by Crippen LogP contribution is -2.33. The number of carbonyl (C=O) groups is 1. The molecular formula is C6H7BBrNO. The first-order valence-electron chi connectivity index (χ1n) is 3.34. The third-order valence-electron chi connectivity index (χ3n) is 2.51. The summed E-state index contributed by atoms with van der Waals surface area (Å²) >= 11 is 3.39. The average Bonchev–Trinajstić information content (AvgIpc) is 2.28. The van der Waals surface area contributed by atoms with Gasteiger partial charge in [0.05, 0.1) is 13.9 Å². The number of hydrogen-bond donors (Lipinski definition) is 1. The van der Waals surface area contributed by atoms with Crippen molar-refractivity contribution >= 4 is 30.1 Å². The van der Waals surface area contributed by atoms with E-state index < -0.39 is 0 Å². The van der Waals surface area contributed by atoms with Crippen molar-refractivity contribution in [2.75, 3.05) is 6.54 Å². The van der Waals surface area contributed by atoms with E-state index >= 15 is 0 Å². The van der Waals surface area contributed by atoms with Crippen molar-refractivity contribution in [3.63, 3.8) is 0 Å². The van der Waals surface area contributed by atoms with E-state index in [1.165, 1.54) is 0 Å². The molecule has 1 N–H and O–H groups in total. The molecule has 4 atom stereocenters. The molecule has 4 heteroatoms. The molecule has 1 heterocycles. The molecule has 2 radical (unpaired) electrons. The summed E-state index contributed by atoms with van der Waals surface area (Å²) in [6, 6.07) is -0.0191. The fourth-order valence-corrected chi connectivity index (χ4v) is 2.73. The molecule has 10 heavy (non-hydrogen) atoms. The van der Waals surface area contributed by atoms with Crippen molar-refractivity contribution in [1.29, 1.82) is 0 Å². The van der Waals surface area contributed by atoms with Gasteiger partial charge in [-0.05, 0) is 22.6 Å². The monoisotopic (exact) mass is 199 g/mol. The maximum absolute atomic E-state index is 10.4. The highest BCUT2D eigenvalue weighted by Crippen LogP contribution is 2.58. The predicted octanol–water partition coefficient (Wildman–Crippen LogP) is -0.337. The van der Waals surface area contributed by atoms with Crippen LogP contribution in [0.15, 0.2) is 0 Å². The molecule has 2 aliphatic rings. The molecule has 2 fully saturated rings. The van der Waals surface area contributed by atoms with E-state index in [4.69, 9.17) is 7.85 Å². The van der Waals surface area contributed by atoms with E-state index in [0.717, 1.165) is 12.8 Å². The number of alkyl halides is 1. The predicted molar refractivity (Wildman–Crippen MR) is 42.2 cm³/mol. The summed E-state index contributed by atoms with van der Waals surface area (Å²) in [6.45, 7) is 0.871. The topological polar surface area (TPSA) is 29.1 Å². The molecule has 1 aliphatic carbocycles. The van der Waals surface area contributed by atoms with Gasteiger partial charge >= 0.3 is 0 Å². The molecule has 52 valence electrons. The van der Waals surface area contributed by atoms with Crippen LogP contribution < -0.4 is 5.32 Å². The van der Waals surface area contributed by atoms with Gasteiger partial charge in [-0.2, -0.15) is 0 Å². The van der Waals surface area contributed by atoms with Crippen LogP contribution in [-0.4, -0.2) is 30.9 Å². The smallest absolute Gasteiger partial charge is 0.137 e. The van der Waals surface area contributed by atoms with E-state index in [-0.39, 0.29) is 10.3 Å². The molecule has 2 rings (SSSR count). The number of hydrogen-bond acceptors (Lipinski definition) is 2. The summed E-state index contributed by atoms with van der Waals surface area (Å²) in [5.41, 5.74) is 0. The third kappa shape index (κ3) is 0.664. The van der Waals surface area contributed by atoms with Gasteiger partial charge in [0.2, 0.25) is 0 Å². The first-order chi connectivity index (χ1) is 4.68. The Hall–Kier alpha value is 0.175. The van der Waals surface area contributed by atoms with Gasteiger partial charge in [0.15, 0.2) is 0 Å². The number of nitrogens with one attached hydrogen (secondary N) is 1. The molecule has 0 aromatic rings. The van der Waals surface area contributed by atoms with Gasteiger partial charge in [0.25, 0.3) is 0 Å². The first-order valence-corrected chi connectivity index (χ1v) is 4.13. The van der Waals surface area contributed by atoms with Crippen LogP contribution in [0.5, 0.6) is 0 Å². The lowest BCUT2D eigenvalue weighted by Gasteiger charge is -2.11. The quantitative estimate of drug-likeness (QED) is 0.356. The van der Waals surface area contributed by atoms with Gasteiger partial charge in [0, 0.05) is 0 Å². The third-order valence-corrected chi connectivity index (χ3v) is 3.63. The second kappa shape index (κ2) is 1.86. The molecule has 1 aliphatic heterocycles. The summed E-state index contributed by atoms with van der Waals surface area (Å²) < 4.78 is -0.246. The van der Waals surface area contributed by atoms with Crippen molar-refractivity contribution in [3.8, 4) is 0 Å². The Morgan fingerprint density at radius 2 is 2.50 bits per heavy atom. The number of carbonyl (C=O) groups excluding carboxylic acids is 1. The molecule has 1 unspecified atom stereocenters. The highest BCUT2D eigenvalue weighted by Gasteiger charge is 2.65. The minimum absolute atomic E-state index is 0.0191. The molecule has 0 aromatic heterocycles. The van der Waals surface area contributed by atoms with Gasteiger partial charge in [-0.3, -0.25) is 0 Å². The normalized spacial score (nSPS) is 57.9. The van der Waals surface area contributed by atoms with Gasteiger partial charge in [-0.1, -0.05) is 15.9 Å². The maximum Gasteiger partial charge on any atom is 0.137 e. The molecule has 0 amide bonds. The van der Waals surface area contributed by atoms with Crippen molar-refractivity contribution in [1.82, 2.24) is 5.32 Å². The zero-order valence-corrected chi connectivity index (χ0v) is 6.97. The number of fused-ring (bicyclic) bond motifs is 1. The minimum Gasteiger partial charge on any atom is -0.307 e. The first kappa shape index (κ1) is 6.86. The number of aldehydes is 1. The lowest BCUT2D eigenvalue weighted by atomic mass is 9.95. The van der Waals surface area contributed by atoms with Crippen molar-refractivity contribution in [2.45, 2.75) is 10.3 Å². The van der Waals surface area contributed by atoms with E-state index in [2.05, 4.69) is 21.2 Å². The summed E-state index contributed by atoms with van der Waals surface area (Å²) in [4.78, 5) is 10.4. The molecular weight excluding hydrogens is 193 g/mol. The Kier molecular flexibility index (Phi) is 1.27. The summed E-state index contributed by atoms with van der Waals surface area (Å²) in [7, 11) is 5.80. The second-order valence-electron chi connectivity index (χ2n) is 3.03. The molecule has 0 bridgehead atoms. The lowest BCUT2D eigenvalue weighted by molar-refractivity contribution is -0.109. The van der Waals surface area contributed by atoms with Crippen LogP contribution in [0.25, 0.3) is 0 Å². The van der Waals surface area contributed by atoms with Crippen LogP contribution in [0.4, 0.5) is 0 Å². The highest BCUT2D eigenvalue weighted by molar-refractivity contribution is 9.10. The largest absolute Gasteiger partial charge is 0.307 e. The number of piperidine rings is 1. The van der Waals surface area contributed by atoms with Crippen molar-refractivity contribution in [2.24, 2.45) is 11.8 Å². The van der Waals surface area contributed by atoms with Crippen LogP contribution in [0.2, 0.25) is 0 Å². The molecule has 1 saturated heterocycles. The zero-order chi connectivity index (χ0) is 7.35. The van der Waals surface area contributed by atoms with E-state index in [1.54, 1.807) is 0 Å². The van der Waals surface area contributed by atoms with Gasteiger partial charge < -0.3 is 10.1 Å². The van der Waals surface area contributed by atoms with E-state index in [9.17, 15) is 4.79 Å². The summed E-state index contributed by atoms with van der Waals surface area (Å²) in [6.07, 6.45) is 0.945. The van der Waals surface area contributed by atoms with E-state index in [1.807, 2.05) is 0 Å². The van der Waals surface area contributed by atoms with Crippen LogP contribution in [0, 0.1) is 11.8 Å². The summed E-state index contributed by atoms with van der Waals surface area (Å²) in [5, 5.41) is 3.08. The fraction of sp³-hybridized carbons (Fsp3) is 0.833. The van der Waals surface area contributed by atoms with Gasteiger partial charge in [0.1, 0.15) is 6.29 Å². The minimum atomic E-state index is -0.246. The van der Waals surface area contributed by atoms with Crippen LogP contribution in [0.1, 0.15) is 0 Å². The molecule has 2 nitrogen and oxygen atoms in total. The Bertz CT molecular complexity index is 185.